The SMILES string of the molecule is CCN(CC(=O)N1CC(C(=O)NCc2ccccc2)Oc2ccccc21)S(=O)(=O)c1ccc(F)cc1. The van der Waals surface area contributed by atoms with Gasteiger partial charge in [-0.05, 0) is 42.0 Å². The van der Waals surface area contributed by atoms with Crippen LogP contribution in [0.25, 0.3) is 0 Å². The minimum atomic E-state index is -4.04. The summed E-state index contributed by atoms with van der Waals surface area (Å²) in [7, 11) is -4.04. The number of hydrogen-bond acceptors (Lipinski definition) is 5. The fourth-order valence-electron chi connectivity index (χ4n) is 3.86. The minimum absolute atomic E-state index is 0.0262. The number of benzene rings is 3. The van der Waals surface area contributed by atoms with Crippen LogP contribution in [-0.2, 0) is 26.2 Å². The molecule has 0 saturated carbocycles. The molecule has 8 nitrogen and oxygen atoms in total. The zero-order valence-corrected chi connectivity index (χ0v) is 20.4. The second-order valence-corrected chi connectivity index (χ2v) is 10.1. The molecule has 0 aliphatic carbocycles. The number of ether oxygens (including phenoxy) is 1. The van der Waals surface area contributed by atoms with E-state index in [-0.39, 0.29) is 18.0 Å². The maximum Gasteiger partial charge on any atom is 0.263 e. The zero-order chi connectivity index (χ0) is 25.7. The van der Waals surface area contributed by atoms with Crippen LogP contribution in [0, 0.1) is 5.82 Å². The van der Waals surface area contributed by atoms with Gasteiger partial charge in [0, 0.05) is 13.1 Å². The van der Waals surface area contributed by atoms with Gasteiger partial charge < -0.3 is 15.0 Å². The molecule has 2 amide bonds. The molecule has 0 saturated heterocycles. The molecule has 1 N–H and O–H groups in total. The Kier molecular flexibility index (Phi) is 7.66. The third-order valence-electron chi connectivity index (χ3n) is 5.79. The van der Waals surface area contributed by atoms with Crippen molar-refractivity contribution < 1.29 is 27.1 Å². The number of carbonyl (C=O) groups excluding carboxylic acids is 2. The van der Waals surface area contributed by atoms with Crippen molar-refractivity contribution in [2.45, 2.75) is 24.5 Å². The lowest BCUT2D eigenvalue weighted by Crippen LogP contribution is -2.53. The highest BCUT2D eigenvalue weighted by Gasteiger charge is 2.35. The van der Waals surface area contributed by atoms with Crippen molar-refractivity contribution in [3.05, 3.63) is 90.2 Å². The number of amides is 2. The van der Waals surface area contributed by atoms with Crippen LogP contribution in [0.3, 0.4) is 0 Å². The molecule has 1 aliphatic rings. The summed E-state index contributed by atoms with van der Waals surface area (Å²) in [6.45, 7) is 1.40. The van der Waals surface area contributed by atoms with Gasteiger partial charge in [0.15, 0.2) is 6.10 Å². The Labute approximate surface area is 209 Å². The number of sulfonamides is 1. The van der Waals surface area contributed by atoms with Crippen LogP contribution in [0.5, 0.6) is 5.75 Å². The molecule has 1 aliphatic heterocycles. The van der Waals surface area contributed by atoms with E-state index >= 15 is 0 Å². The van der Waals surface area contributed by atoms with E-state index in [2.05, 4.69) is 5.32 Å². The number of nitrogens with one attached hydrogen (secondary N) is 1. The van der Waals surface area contributed by atoms with Gasteiger partial charge in [-0.3, -0.25) is 9.59 Å². The summed E-state index contributed by atoms with van der Waals surface area (Å²) in [6.07, 6.45) is -0.976. The molecule has 10 heteroatoms. The number of likely N-dealkylation sites (N-methyl/N-ethyl adjacent to an activating group) is 1. The van der Waals surface area contributed by atoms with Gasteiger partial charge in [-0.15, -0.1) is 0 Å². The summed E-state index contributed by atoms with van der Waals surface area (Å²) >= 11 is 0. The maximum atomic E-state index is 13.4. The largest absolute Gasteiger partial charge is 0.477 e. The molecule has 3 aromatic carbocycles. The maximum absolute atomic E-state index is 13.4. The third kappa shape index (κ3) is 5.55. The molecule has 1 unspecified atom stereocenters. The van der Waals surface area contributed by atoms with Crippen LogP contribution < -0.4 is 15.0 Å². The van der Waals surface area contributed by atoms with E-state index in [1.807, 2.05) is 30.3 Å². The highest BCUT2D eigenvalue weighted by Crippen LogP contribution is 2.33. The van der Waals surface area contributed by atoms with Crippen molar-refractivity contribution in [1.82, 2.24) is 9.62 Å². The number of rotatable bonds is 8. The monoisotopic (exact) mass is 511 g/mol. The topological polar surface area (TPSA) is 96.0 Å². The van der Waals surface area contributed by atoms with Crippen molar-refractivity contribution >= 4 is 27.5 Å². The first-order chi connectivity index (χ1) is 17.3. The highest BCUT2D eigenvalue weighted by atomic mass is 32.2. The molecule has 0 radical (unpaired) electrons. The van der Waals surface area contributed by atoms with E-state index < -0.39 is 40.3 Å². The van der Waals surface area contributed by atoms with Crippen LogP contribution >= 0.6 is 0 Å². The number of fused-ring (bicyclic) bond motifs is 1. The molecule has 0 aromatic heterocycles. The molecule has 188 valence electrons. The molecular weight excluding hydrogens is 485 g/mol. The fourth-order valence-corrected chi connectivity index (χ4v) is 5.26. The van der Waals surface area contributed by atoms with Gasteiger partial charge in [-0.1, -0.05) is 49.4 Å². The lowest BCUT2D eigenvalue weighted by molar-refractivity contribution is -0.128. The van der Waals surface area contributed by atoms with Crippen molar-refractivity contribution in [2.75, 3.05) is 24.5 Å². The first-order valence-corrected chi connectivity index (χ1v) is 12.9. The third-order valence-corrected chi connectivity index (χ3v) is 7.73. The van der Waals surface area contributed by atoms with Gasteiger partial charge in [0.2, 0.25) is 15.9 Å². The summed E-state index contributed by atoms with van der Waals surface area (Å²) < 4.78 is 46.3. The van der Waals surface area contributed by atoms with Crippen molar-refractivity contribution in [3.63, 3.8) is 0 Å². The number of anilines is 1. The second kappa shape index (κ2) is 10.9. The molecule has 3 aromatic rings. The Balaban J connectivity index is 1.52. The van der Waals surface area contributed by atoms with Crippen LogP contribution in [0.1, 0.15) is 12.5 Å². The Bertz CT molecular complexity index is 1330. The number of carbonyl (C=O) groups is 2. The molecular formula is C26H26FN3O5S. The van der Waals surface area contributed by atoms with E-state index in [0.29, 0.717) is 18.0 Å². The van der Waals surface area contributed by atoms with E-state index in [1.54, 1.807) is 31.2 Å². The summed E-state index contributed by atoms with van der Waals surface area (Å²) in [5.41, 5.74) is 1.37. The summed E-state index contributed by atoms with van der Waals surface area (Å²) in [5.74, 6) is -1.12. The highest BCUT2D eigenvalue weighted by molar-refractivity contribution is 7.89. The molecule has 1 atom stereocenters. The van der Waals surface area contributed by atoms with E-state index in [1.165, 1.54) is 4.90 Å². The summed E-state index contributed by atoms with van der Waals surface area (Å²) in [4.78, 5) is 27.5. The van der Waals surface area contributed by atoms with E-state index in [4.69, 9.17) is 4.74 Å². The van der Waals surface area contributed by atoms with Gasteiger partial charge in [0.25, 0.3) is 5.91 Å². The Morgan fingerprint density at radius 2 is 1.69 bits per heavy atom. The average molecular weight is 512 g/mol. The fraction of sp³-hybridized carbons (Fsp3) is 0.231. The first-order valence-electron chi connectivity index (χ1n) is 11.4. The number of hydrogen-bond donors (Lipinski definition) is 1. The normalized spacial score (nSPS) is 15.2. The standard InChI is InChI=1S/C26H26FN3O5S/c1-2-29(36(33,34)21-14-12-20(27)13-15-21)18-25(31)30-17-24(35-23-11-7-6-10-22(23)30)26(32)28-16-19-8-4-3-5-9-19/h3-15,24H,2,16-18H2,1H3,(H,28,32). The second-order valence-electron chi connectivity index (χ2n) is 8.17. The van der Waals surface area contributed by atoms with Crippen LogP contribution in [-0.4, -0.2) is 50.3 Å². The van der Waals surface area contributed by atoms with Gasteiger partial charge in [-0.2, -0.15) is 4.31 Å². The zero-order valence-electron chi connectivity index (χ0n) is 19.6. The van der Waals surface area contributed by atoms with Gasteiger partial charge in [-0.25, -0.2) is 12.8 Å². The minimum Gasteiger partial charge on any atom is -0.477 e. The van der Waals surface area contributed by atoms with Crippen LogP contribution in [0.15, 0.2) is 83.8 Å². The summed E-state index contributed by atoms with van der Waals surface area (Å²) in [6, 6.07) is 20.6. The first kappa shape index (κ1) is 25.3. The van der Waals surface area contributed by atoms with Crippen LogP contribution in [0.2, 0.25) is 0 Å². The van der Waals surface area contributed by atoms with Gasteiger partial charge >= 0.3 is 0 Å². The Morgan fingerprint density at radius 3 is 2.39 bits per heavy atom. The van der Waals surface area contributed by atoms with Crippen molar-refractivity contribution in [1.29, 1.82) is 0 Å². The Morgan fingerprint density at radius 1 is 1.03 bits per heavy atom. The van der Waals surface area contributed by atoms with Gasteiger partial charge in [0.1, 0.15) is 11.6 Å². The predicted octanol–water partition coefficient (Wildman–Crippen LogP) is 2.95. The number of nitrogens with zero attached hydrogens (tertiary/aromatic N) is 2. The van der Waals surface area contributed by atoms with Crippen LogP contribution in [0.4, 0.5) is 10.1 Å². The smallest absolute Gasteiger partial charge is 0.263 e. The van der Waals surface area contributed by atoms with Gasteiger partial charge in [0.05, 0.1) is 23.7 Å². The molecule has 0 spiro atoms. The Hall–Kier alpha value is -3.76. The number of para-hydroxylation sites is 2. The lowest BCUT2D eigenvalue weighted by Gasteiger charge is -2.35. The van der Waals surface area contributed by atoms with E-state index in [0.717, 1.165) is 34.1 Å². The quantitative estimate of drug-likeness (QED) is 0.502. The lowest BCUT2D eigenvalue weighted by atomic mass is 10.1. The summed E-state index contributed by atoms with van der Waals surface area (Å²) in [5, 5.41) is 2.82. The predicted molar refractivity (Wildman–Crippen MR) is 132 cm³/mol. The van der Waals surface area contributed by atoms with Crippen molar-refractivity contribution in [3.8, 4) is 5.75 Å². The molecule has 4 rings (SSSR count). The van der Waals surface area contributed by atoms with Crippen molar-refractivity contribution in [2.24, 2.45) is 0 Å². The molecule has 36 heavy (non-hydrogen) atoms. The number of halogens is 1. The average Bonchev–Trinajstić information content (AvgIpc) is 2.90. The molecule has 0 fully saturated rings. The van der Waals surface area contributed by atoms with E-state index in [9.17, 15) is 22.4 Å². The molecule has 1 heterocycles. The molecule has 0 bridgehead atoms.